The van der Waals surface area contributed by atoms with Crippen molar-refractivity contribution in [3.8, 4) is 0 Å². The molecular formula is C9H12F3N3O. The van der Waals surface area contributed by atoms with Crippen molar-refractivity contribution < 1.29 is 17.9 Å². The molecule has 0 aromatic carbocycles. The van der Waals surface area contributed by atoms with Crippen LogP contribution in [0.25, 0.3) is 0 Å². The molecule has 1 aromatic heterocycles. The molecule has 90 valence electrons. The van der Waals surface area contributed by atoms with Crippen LogP contribution in [0.3, 0.4) is 0 Å². The van der Waals surface area contributed by atoms with Crippen molar-refractivity contribution in [3.05, 3.63) is 17.6 Å². The molecule has 0 saturated heterocycles. The summed E-state index contributed by atoms with van der Waals surface area (Å²) in [5, 5.41) is 2.79. The van der Waals surface area contributed by atoms with Crippen molar-refractivity contribution in [3.63, 3.8) is 0 Å². The molecule has 0 aliphatic heterocycles. The summed E-state index contributed by atoms with van der Waals surface area (Å²) in [5.74, 6) is 0.784. The molecule has 0 bridgehead atoms. The van der Waals surface area contributed by atoms with Crippen LogP contribution in [-0.4, -0.2) is 29.8 Å². The first-order chi connectivity index (χ1) is 7.40. The van der Waals surface area contributed by atoms with Gasteiger partial charge in [0.25, 0.3) is 0 Å². The van der Waals surface area contributed by atoms with Crippen LogP contribution in [0.5, 0.6) is 0 Å². The molecule has 1 N–H and O–H groups in total. The van der Waals surface area contributed by atoms with Crippen molar-refractivity contribution in [2.45, 2.75) is 19.7 Å². The van der Waals surface area contributed by atoms with Gasteiger partial charge in [-0.25, -0.2) is 9.97 Å². The number of alkyl halides is 3. The number of nitrogens with one attached hydrogen (secondary N) is 1. The molecule has 0 aliphatic carbocycles. The number of hydrogen-bond acceptors (Lipinski definition) is 4. The van der Waals surface area contributed by atoms with Gasteiger partial charge in [-0.3, -0.25) is 0 Å². The molecule has 0 atom stereocenters. The van der Waals surface area contributed by atoms with Crippen LogP contribution in [0.2, 0.25) is 0 Å². The van der Waals surface area contributed by atoms with E-state index in [4.69, 9.17) is 0 Å². The van der Waals surface area contributed by atoms with Gasteiger partial charge in [0.2, 0.25) is 0 Å². The summed E-state index contributed by atoms with van der Waals surface area (Å²) in [4.78, 5) is 7.91. The zero-order valence-corrected chi connectivity index (χ0v) is 8.93. The molecule has 7 heteroatoms. The summed E-state index contributed by atoms with van der Waals surface area (Å²) < 4.78 is 39.9. The summed E-state index contributed by atoms with van der Waals surface area (Å²) in [5.41, 5.74) is 0.671. The number of halogens is 3. The summed E-state index contributed by atoms with van der Waals surface area (Å²) in [6.45, 7) is 0.185. The van der Waals surface area contributed by atoms with E-state index in [9.17, 15) is 13.2 Å². The highest BCUT2D eigenvalue weighted by molar-refractivity contribution is 5.34. The molecule has 0 fully saturated rings. The predicted molar refractivity (Wildman–Crippen MR) is 52.0 cm³/mol. The zero-order chi connectivity index (χ0) is 12.2. The van der Waals surface area contributed by atoms with Crippen LogP contribution >= 0.6 is 0 Å². The summed E-state index contributed by atoms with van der Waals surface area (Å²) in [7, 11) is 1.67. The quantitative estimate of drug-likeness (QED) is 0.865. The Hall–Kier alpha value is -1.37. The third-order valence-electron chi connectivity index (χ3n) is 1.65. The lowest BCUT2D eigenvalue weighted by atomic mass is 10.4. The summed E-state index contributed by atoms with van der Waals surface area (Å²) >= 11 is 0. The average Bonchev–Trinajstić information content (AvgIpc) is 2.14. The SMILES string of the molecule is CNc1cc(C)nc(COCC(F)(F)F)n1. The van der Waals surface area contributed by atoms with Crippen molar-refractivity contribution in [2.75, 3.05) is 19.0 Å². The third-order valence-corrected chi connectivity index (χ3v) is 1.65. The van der Waals surface area contributed by atoms with Crippen LogP contribution in [0.15, 0.2) is 6.07 Å². The Labute approximate surface area is 90.9 Å². The second-order valence-corrected chi connectivity index (χ2v) is 3.17. The van der Waals surface area contributed by atoms with Crippen molar-refractivity contribution in [2.24, 2.45) is 0 Å². The Balaban J connectivity index is 2.57. The molecule has 1 heterocycles. The predicted octanol–water partition coefficient (Wildman–Crippen LogP) is 1.91. The zero-order valence-electron chi connectivity index (χ0n) is 8.93. The van der Waals surface area contributed by atoms with Gasteiger partial charge in [0.05, 0.1) is 0 Å². The molecule has 0 spiro atoms. The second kappa shape index (κ2) is 5.11. The first-order valence-electron chi connectivity index (χ1n) is 4.57. The van der Waals surface area contributed by atoms with Gasteiger partial charge < -0.3 is 10.1 Å². The Bertz CT molecular complexity index is 354. The highest BCUT2D eigenvalue weighted by Gasteiger charge is 2.27. The van der Waals surface area contributed by atoms with E-state index < -0.39 is 12.8 Å². The molecule has 0 amide bonds. The van der Waals surface area contributed by atoms with Crippen molar-refractivity contribution >= 4 is 5.82 Å². The molecule has 0 saturated carbocycles. The van der Waals surface area contributed by atoms with Crippen LogP contribution in [0.1, 0.15) is 11.5 Å². The van der Waals surface area contributed by atoms with Crippen molar-refractivity contribution in [1.82, 2.24) is 9.97 Å². The Kier molecular flexibility index (Phi) is 4.05. The second-order valence-electron chi connectivity index (χ2n) is 3.17. The maximum Gasteiger partial charge on any atom is 0.411 e. The molecule has 1 aromatic rings. The fourth-order valence-electron chi connectivity index (χ4n) is 1.08. The highest BCUT2D eigenvalue weighted by atomic mass is 19.4. The van der Waals surface area contributed by atoms with Gasteiger partial charge in [0.1, 0.15) is 19.0 Å². The maximum absolute atomic E-state index is 11.8. The van der Waals surface area contributed by atoms with E-state index in [-0.39, 0.29) is 12.4 Å². The first-order valence-corrected chi connectivity index (χ1v) is 4.57. The van der Waals surface area contributed by atoms with E-state index in [2.05, 4.69) is 20.0 Å². The number of rotatable bonds is 4. The van der Waals surface area contributed by atoms with E-state index in [0.717, 1.165) is 0 Å². The minimum Gasteiger partial charge on any atom is -0.373 e. The highest BCUT2D eigenvalue weighted by Crippen LogP contribution is 2.15. The smallest absolute Gasteiger partial charge is 0.373 e. The lowest BCUT2D eigenvalue weighted by Gasteiger charge is -2.08. The van der Waals surface area contributed by atoms with Crippen LogP contribution in [0, 0.1) is 6.92 Å². The fourth-order valence-corrected chi connectivity index (χ4v) is 1.08. The minimum atomic E-state index is -4.32. The van der Waals surface area contributed by atoms with Crippen molar-refractivity contribution in [1.29, 1.82) is 0 Å². The van der Waals surface area contributed by atoms with Gasteiger partial charge in [0, 0.05) is 18.8 Å². The van der Waals surface area contributed by atoms with E-state index in [1.165, 1.54) is 0 Å². The van der Waals surface area contributed by atoms with E-state index in [1.54, 1.807) is 20.0 Å². The number of aryl methyl sites for hydroxylation is 1. The van der Waals surface area contributed by atoms with Crippen LogP contribution < -0.4 is 5.32 Å². The largest absolute Gasteiger partial charge is 0.411 e. The van der Waals surface area contributed by atoms with E-state index in [1.807, 2.05) is 0 Å². The number of aromatic nitrogens is 2. The summed E-state index contributed by atoms with van der Waals surface area (Å²) in [6.07, 6.45) is -4.32. The molecule has 0 unspecified atom stereocenters. The third kappa shape index (κ3) is 4.43. The lowest BCUT2D eigenvalue weighted by molar-refractivity contribution is -0.177. The first kappa shape index (κ1) is 12.7. The maximum atomic E-state index is 11.8. The number of anilines is 1. The Morgan fingerprint density at radius 3 is 2.62 bits per heavy atom. The topological polar surface area (TPSA) is 47.0 Å². The van der Waals surface area contributed by atoms with Gasteiger partial charge >= 0.3 is 6.18 Å². The molecule has 0 aliphatic rings. The Morgan fingerprint density at radius 1 is 1.38 bits per heavy atom. The van der Waals surface area contributed by atoms with E-state index in [0.29, 0.717) is 11.5 Å². The van der Waals surface area contributed by atoms with Gasteiger partial charge in [-0.15, -0.1) is 0 Å². The molecular weight excluding hydrogens is 223 g/mol. The van der Waals surface area contributed by atoms with Gasteiger partial charge in [-0.2, -0.15) is 13.2 Å². The van der Waals surface area contributed by atoms with Gasteiger partial charge in [-0.05, 0) is 6.92 Å². The monoisotopic (exact) mass is 235 g/mol. The average molecular weight is 235 g/mol. The number of nitrogens with zero attached hydrogens (tertiary/aromatic N) is 2. The standard InChI is InChI=1S/C9H12F3N3O/c1-6-3-7(13-2)15-8(14-6)4-16-5-9(10,11)12/h3H,4-5H2,1-2H3,(H,13,14,15). The Morgan fingerprint density at radius 2 is 2.06 bits per heavy atom. The molecule has 4 nitrogen and oxygen atoms in total. The normalized spacial score (nSPS) is 11.6. The molecule has 0 radical (unpaired) electrons. The van der Waals surface area contributed by atoms with Crippen LogP contribution in [0.4, 0.5) is 19.0 Å². The minimum absolute atomic E-state index is 0.230. The van der Waals surface area contributed by atoms with Gasteiger partial charge in [0.15, 0.2) is 5.82 Å². The summed E-state index contributed by atoms with van der Waals surface area (Å²) in [6, 6.07) is 1.69. The fraction of sp³-hybridized carbons (Fsp3) is 0.556. The number of ether oxygens (including phenoxy) is 1. The molecule has 16 heavy (non-hydrogen) atoms. The van der Waals surface area contributed by atoms with Crippen LogP contribution in [-0.2, 0) is 11.3 Å². The number of hydrogen-bond donors (Lipinski definition) is 1. The lowest BCUT2D eigenvalue weighted by Crippen LogP contribution is -2.17. The van der Waals surface area contributed by atoms with Gasteiger partial charge in [-0.1, -0.05) is 0 Å². The van der Waals surface area contributed by atoms with E-state index >= 15 is 0 Å². The molecule has 1 rings (SSSR count).